The Kier molecular flexibility index (Phi) is 11.4. The van der Waals surface area contributed by atoms with Gasteiger partial charge in [0, 0.05) is 29.4 Å². The highest BCUT2D eigenvalue weighted by atomic mass is 79.9. The first-order chi connectivity index (χ1) is 19.4. The number of carboxylic acid groups (broad SMARTS) is 1. The summed E-state index contributed by atoms with van der Waals surface area (Å²) in [5.74, 6) is -2.26. The third kappa shape index (κ3) is 8.34. The minimum Gasteiger partial charge on any atom is -0.480 e. The van der Waals surface area contributed by atoms with Crippen LogP contribution in [-0.2, 0) is 20.8 Å². The predicted octanol–water partition coefficient (Wildman–Crippen LogP) is 4.49. The van der Waals surface area contributed by atoms with E-state index in [0.717, 1.165) is 35.7 Å². The number of likely N-dealkylation sites (tertiary alicyclic amines) is 1. The lowest BCUT2D eigenvalue weighted by Crippen LogP contribution is -2.59. The van der Waals surface area contributed by atoms with Crippen LogP contribution in [0, 0.1) is 5.92 Å². The van der Waals surface area contributed by atoms with Crippen molar-refractivity contribution in [3.8, 4) is 0 Å². The number of amides is 4. The zero-order valence-corrected chi connectivity index (χ0v) is 25.8. The number of benzene rings is 1. The molecule has 0 saturated carbocycles. The van der Waals surface area contributed by atoms with E-state index < -0.39 is 35.9 Å². The summed E-state index contributed by atoms with van der Waals surface area (Å²) >= 11 is 3.53. The lowest BCUT2D eigenvalue weighted by atomic mass is 9.97. The van der Waals surface area contributed by atoms with E-state index in [1.165, 1.54) is 6.08 Å². The Hall–Kier alpha value is -3.34. The summed E-state index contributed by atoms with van der Waals surface area (Å²) in [5, 5.41) is 18.8. The fourth-order valence-electron chi connectivity index (χ4n) is 5.46. The summed E-state index contributed by atoms with van der Waals surface area (Å²) < 4.78 is 0.659. The van der Waals surface area contributed by atoms with Crippen LogP contribution in [0.25, 0.3) is 10.9 Å². The molecule has 5 atom stereocenters. The van der Waals surface area contributed by atoms with Gasteiger partial charge in [-0.2, -0.15) is 0 Å². The molecule has 5 N–H and O–H groups in total. The van der Waals surface area contributed by atoms with Crippen LogP contribution in [-0.4, -0.2) is 69.0 Å². The molecule has 0 aliphatic carbocycles. The Morgan fingerprint density at radius 3 is 2.27 bits per heavy atom. The smallest absolute Gasteiger partial charge is 0.326 e. The minimum atomic E-state index is -1.20. The van der Waals surface area contributed by atoms with E-state index in [1.54, 1.807) is 4.90 Å². The average molecular weight is 633 g/mol. The number of aliphatic carboxylic acids is 1. The molecule has 1 aliphatic rings. The first-order valence-electron chi connectivity index (χ1n) is 14.2. The van der Waals surface area contributed by atoms with E-state index in [1.807, 2.05) is 52.0 Å². The molecule has 1 fully saturated rings. The molecular formula is C30H42BrN5O5. The van der Waals surface area contributed by atoms with Gasteiger partial charge >= 0.3 is 12.0 Å². The van der Waals surface area contributed by atoms with Crippen molar-refractivity contribution >= 4 is 50.6 Å². The van der Waals surface area contributed by atoms with Crippen molar-refractivity contribution in [2.24, 2.45) is 5.92 Å². The Morgan fingerprint density at radius 1 is 1.05 bits per heavy atom. The highest BCUT2D eigenvalue weighted by Crippen LogP contribution is 2.28. The molecule has 2 heterocycles. The number of carboxylic acids is 1. The summed E-state index contributed by atoms with van der Waals surface area (Å²) in [7, 11) is 0. The Bertz CT molecular complexity index is 1250. The summed E-state index contributed by atoms with van der Waals surface area (Å²) in [6.45, 7) is 11.5. The second-order valence-electron chi connectivity index (χ2n) is 11.3. The molecule has 0 spiro atoms. The normalized spacial score (nSPS) is 19.3. The number of nitrogens with one attached hydrogen (secondary N) is 4. The number of hydrogen-bond acceptors (Lipinski definition) is 4. The molecule has 11 heteroatoms. The molecule has 224 valence electrons. The summed E-state index contributed by atoms with van der Waals surface area (Å²) in [5.41, 5.74) is 1.61. The monoisotopic (exact) mass is 631 g/mol. The van der Waals surface area contributed by atoms with Crippen molar-refractivity contribution in [3.05, 3.63) is 47.1 Å². The fraction of sp³-hybridized carbons (Fsp3) is 0.533. The van der Waals surface area contributed by atoms with E-state index in [-0.39, 0.29) is 36.9 Å². The zero-order chi connectivity index (χ0) is 30.3. The summed E-state index contributed by atoms with van der Waals surface area (Å²) in [6.07, 6.45) is 4.74. The molecule has 10 nitrogen and oxygen atoms in total. The van der Waals surface area contributed by atoms with E-state index in [0.29, 0.717) is 11.0 Å². The van der Waals surface area contributed by atoms with E-state index >= 15 is 0 Å². The van der Waals surface area contributed by atoms with Crippen LogP contribution in [0.5, 0.6) is 0 Å². The number of nitrogens with zero attached hydrogens (tertiary/aromatic N) is 1. The van der Waals surface area contributed by atoms with Gasteiger partial charge in [-0.15, -0.1) is 6.58 Å². The molecule has 3 rings (SSSR count). The third-order valence-electron chi connectivity index (χ3n) is 7.57. The average Bonchev–Trinajstić information content (AvgIpc) is 3.21. The van der Waals surface area contributed by atoms with Crippen LogP contribution in [0.15, 0.2) is 41.5 Å². The second kappa shape index (κ2) is 14.5. The van der Waals surface area contributed by atoms with Crippen LogP contribution in [0.4, 0.5) is 4.79 Å². The van der Waals surface area contributed by atoms with Gasteiger partial charge in [-0.1, -0.05) is 38.1 Å². The Balaban J connectivity index is 1.88. The summed E-state index contributed by atoms with van der Waals surface area (Å²) in [6, 6.07) is 4.19. The predicted molar refractivity (Wildman–Crippen MR) is 162 cm³/mol. The van der Waals surface area contributed by atoms with Crippen LogP contribution >= 0.6 is 15.9 Å². The molecular weight excluding hydrogens is 590 g/mol. The van der Waals surface area contributed by atoms with Crippen molar-refractivity contribution in [2.75, 3.05) is 0 Å². The first-order valence-corrected chi connectivity index (χ1v) is 15.0. The maximum atomic E-state index is 13.7. The fourth-order valence-corrected chi connectivity index (χ4v) is 6.05. The SMILES string of the molecule is C=CC[C@@H](NC(=O)[C@@H](Cc1c(Br)[nH]c2ccccc12)NC(=O)[C@H](CC(C)C)NC(=O)N1[C@H](C)CCC[C@@H]1C)C(=O)O. The number of carbonyl (C=O) groups is 4. The number of carbonyl (C=O) groups excluding carboxylic acids is 3. The van der Waals surface area contributed by atoms with Gasteiger partial charge in [-0.25, -0.2) is 9.59 Å². The van der Waals surface area contributed by atoms with Gasteiger partial charge in [-0.3, -0.25) is 9.59 Å². The van der Waals surface area contributed by atoms with E-state index in [9.17, 15) is 24.3 Å². The number of hydrogen-bond donors (Lipinski definition) is 5. The minimum absolute atomic E-state index is 0.0246. The topological polar surface area (TPSA) is 144 Å². The van der Waals surface area contributed by atoms with Crippen molar-refractivity contribution in [3.63, 3.8) is 0 Å². The first kappa shape index (κ1) is 32.2. The van der Waals surface area contributed by atoms with Crippen LogP contribution in [0.1, 0.15) is 65.4 Å². The van der Waals surface area contributed by atoms with Gasteiger partial charge in [-0.05, 0) is 79.4 Å². The number of aromatic nitrogens is 1. The molecule has 0 bridgehead atoms. The Labute approximate surface area is 249 Å². The number of H-pyrrole nitrogens is 1. The van der Waals surface area contributed by atoms with Gasteiger partial charge in [0.1, 0.15) is 18.1 Å². The van der Waals surface area contributed by atoms with E-state index in [2.05, 4.69) is 43.4 Å². The van der Waals surface area contributed by atoms with Gasteiger partial charge in [0.25, 0.3) is 0 Å². The van der Waals surface area contributed by atoms with Crippen molar-refractivity contribution < 1.29 is 24.3 Å². The number of piperidine rings is 1. The van der Waals surface area contributed by atoms with Gasteiger partial charge < -0.3 is 30.9 Å². The molecule has 41 heavy (non-hydrogen) atoms. The number of halogens is 1. The third-order valence-corrected chi connectivity index (χ3v) is 8.25. The van der Waals surface area contributed by atoms with Crippen molar-refractivity contribution in [1.82, 2.24) is 25.8 Å². The number of rotatable bonds is 12. The van der Waals surface area contributed by atoms with Gasteiger partial charge in [0.05, 0.1) is 4.60 Å². The maximum Gasteiger partial charge on any atom is 0.326 e. The molecule has 1 aromatic carbocycles. The largest absolute Gasteiger partial charge is 0.480 e. The molecule has 2 aromatic rings. The van der Waals surface area contributed by atoms with Gasteiger partial charge in [0.15, 0.2) is 0 Å². The molecule has 1 saturated heterocycles. The maximum absolute atomic E-state index is 13.7. The lowest BCUT2D eigenvalue weighted by molar-refractivity contribution is -0.142. The van der Waals surface area contributed by atoms with E-state index in [4.69, 9.17) is 0 Å². The quantitative estimate of drug-likeness (QED) is 0.219. The standard InChI is InChI=1S/C30H42BrN5O5/c1-6-10-23(29(39)40)33-28(38)25(16-21-20-13-7-8-14-22(20)32-26(21)31)34-27(37)24(15-17(2)3)35-30(41)36-18(4)11-9-12-19(36)5/h6-8,13-14,17-19,23-25,32H,1,9-12,15-16H2,2-5H3,(H,33,38)(H,34,37)(H,35,41)(H,39,40)/t18-,19+,23-,24+,25-/m1/s1. The van der Waals surface area contributed by atoms with Crippen molar-refractivity contribution in [2.45, 2.75) is 96.4 Å². The highest BCUT2D eigenvalue weighted by molar-refractivity contribution is 9.10. The molecule has 4 amide bonds. The number of aromatic amines is 1. The number of para-hydroxylation sites is 1. The molecule has 1 aromatic heterocycles. The molecule has 0 radical (unpaired) electrons. The highest BCUT2D eigenvalue weighted by Gasteiger charge is 2.34. The van der Waals surface area contributed by atoms with Crippen molar-refractivity contribution in [1.29, 1.82) is 0 Å². The van der Waals surface area contributed by atoms with Crippen LogP contribution in [0.3, 0.4) is 0 Å². The second-order valence-corrected chi connectivity index (χ2v) is 12.1. The van der Waals surface area contributed by atoms with Crippen LogP contribution in [0.2, 0.25) is 0 Å². The van der Waals surface area contributed by atoms with Crippen LogP contribution < -0.4 is 16.0 Å². The summed E-state index contributed by atoms with van der Waals surface area (Å²) in [4.78, 5) is 57.3. The number of urea groups is 1. The Morgan fingerprint density at radius 2 is 1.66 bits per heavy atom. The van der Waals surface area contributed by atoms with Gasteiger partial charge in [0.2, 0.25) is 11.8 Å². The molecule has 1 aliphatic heterocycles. The zero-order valence-electron chi connectivity index (χ0n) is 24.2. The lowest BCUT2D eigenvalue weighted by Gasteiger charge is -2.39. The number of fused-ring (bicyclic) bond motifs is 1. The molecule has 0 unspecified atom stereocenters.